The normalized spacial score (nSPS) is 20.2. The van der Waals surface area contributed by atoms with Crippen LogP contribution in [-0.4, -0.2) is 20.9 Å². The molecule has 0 saturated carbocycles. The van der Waals surface area contributed by atoms with Gasteiger partial charge in [0, 0.05) is 0 Å². The van der Waals surface area contributed by atoms with Crippen LogP contribution in [0.5, 0.6) is 11.5 Å². The molecule has 1 aromatic carbocycles. The molecule has 0 bridgehead atoms. The minimum Gasteiger partial charge on any atom is -0.568 e. The Bertz CT molecular complexity index is 256. The molecule has 0 spiro atoms. The SMILES string of the molecule is [B]Oc1ccc(OC2CO2)cc1. The van der Waals surface area contributed by atoms with Crippen LogP contribution in [0.25, 0.3) is 0 Å². The number of epoxide rings is 1. The topological polar surface area (TPSA) is 31.0 Å². The summed E-state index contributed by atoms with van der Waals surface area (Å²) in [7, 11) is 4.95. The van der Waals surface area contributed by atoms with Crippen LogP contribution in [0.2, 0.25) is 0 Å². The molecule has 12 heavy (non-hydrogen) atoms. The van der Waals surface area contributed by atoms with E-state index in [1.54, 1.807) is 24.3 Å². The Morgan fingerprint density at radius 1 is 1.25 bits per heavy atom. The van der Waals surface area contributed by atoms with Crippen LogP contribution in [0, 0.1) is 0 Å². The second-order valence-corrected chi connectivity index (χ2v) is 2.47. The third-order valence-electron chi connectivity index (χ3n) is 1.53. The molecule has 3 nitrogen and oxygen atoms in total. The van der Waals surface area contributed by atoms with Crippen LogP contribution in [-0.2, 0) is 4.74 Å². The van der Waals surface area contributed by atoms with Gasteiger partial charge in [0.15, 0.2) is 0 Å². The van der Waals surface area contributed by atoms with Crippen molar-refractivity contribution in [3.8, 4) is 11.5 Å². The van der Waals surface area contributed by atoms with Crippen molar-refractivity contribution in [3.63, 3.8) is 0 Å². The van der Waals surface area contributed by atoms with Crippen molar-refractivity contribution in [3.05, 3.63) is 24.3 Å². The largest absolute Gasteiger partial charge is 0.568 e. The Kier molecular flexibility index (Phi) is 1.92. The highest BCUT2D eigenvalue weighted by atomic mass is 16.8. The van der Waals surface area contributed by atoms with Gasteiger partial charge in [0.05, 0.1) is 5.75 Å². The third kappa shape index (κ3) is 1.71. The first kappa shape index (κ1) is 7.49. The van der Waals surface area contributed by atoms with Gasteiger partial charge < -0.3 is 14.1 Å². The average molecular weight is 162 g/mol. The number of rotatable bonds is 3. The molecule has 0 amide bonds. The van der Waals surface area contributed by atoms with Crippen LogP contribution in [0.3, 0.4) is 0 Å². The highest BCUT2D eigenvalue weighted by Crippen LogP contribution is 2.21. The Morgan fingerprint density at radius 3 is 2.33 bits per heavy atom. The van der Waals surface area contributed by atoms with Gasteiger partial charge in [-0.1, -0.05) is 0 Å². The molecule has 1 atom stereocenters. The Labute approximate surface area is 71.7 Å². The number of hydrogen-bond acceptors (Lipinski definition) is 3. The molecule has 60 valence electrons. The van der Waals surface area contributed by atoms with Crippen molar-refractivity contribution >= 4 is 8.05 Å². The minimum absolute atomic E-state index is 0.0605. The van der Waals surface area contributed by atoms with E-state index >= 15 is 0 Å². The van der Waals surface area contributed by atoms with Gasteiger partial charge in [-0.25, -0.2) is 0 Å². The van der Waals surface area contributed by atoms with Gasteiger partial charge in [0.2, 0.25) is 6.29 Å². The van der Waals surface area contributed by atoms with Crippen molar-refractivity contribution in [2.45, 2.75) is 6.29 Å². The molecule has 0 aliphatic carbocycles. The molecule has 2 radical (unpaired) electrons. The van der Waals surface area contributed by atoms with E-state index < -0.39 is 0 Å². The predicted octanol–water partition coefficient (Wildman–Crippen LogP) is 0.884. The highest BCUT2D eigenvalue weighted by molar-refractivity contribution is 5.99. The summed E-state index contributed by atoms with van der Waals surface area (Å²) in [6.07, 6.45) is -0.0605. The molecule has 1 saturated heterocycles. The lowest BCUT2D eigenvalue weighted by atomic mass is 10.3. The second-order valence-electron chi connectivity index (χ2n) is 2.47. The fraction of sp³-hybridized carbons (Fsp3) is 0.250. The summed E-state index contributed by atoms with van der Waals surface area (Å²) in [5.41, 5.74) is 0. The zero-order valence-electron chi connectivity index (χ0n) is 6.40. The van der Waals surface area contributed by atoms with Crippen LogP contribution < -0.4 is 9.39 Å². The molecule has 1 aliphatic rings. The second kappa shape index (κ2) is 3.07. The summed E-state index contributed by atoms with van der Waals surface area (Å²) in [6, 6.07) is 7.03. The van der Waals surface area contributed by atoms with Crippen LogP contribution in [0.1, 0.15) is 0 Å². The van der Waals surface area contributed by atoms with E-state index in [4.69, 9.17) is 17.5 Å². The van der Waals surface area contributed by atoms with E-state index in [1.807, 2.05) is 0 Å². The van der Waals surface area contributed by atoms with E-state index in [1.165, 1.54) is 0 Å². The predicted molar refractivity (Wildman–Crippen MR) is 43.2 cm³/mol. The van der Waals surface area contributed by atoms with Gasteiger partial charge in [-0.2, -0.15) is 0 Å². The van der Waals surface area contributed by atoms with E-state index in [-0.39, 0.29) is 6.29 Å². The Balaban J connectivity index is 2.02. The summed E-state index contributed by atoms with van der Waals surface area (Å²) < 4.78 is 14.7. The van der Waals surface area contributed by atoms with Crippen LogP contribution in [0.15, 0.2) is 24.3 Å². The molecule has 1 fully saturated rings. The third-order valence-corrected chi connectivity index (χ3v) is 1.53. The maximum absolute atomic E-state index is 5.31. The van der Waals surface area contributed by atoms with Gasteiger partial charge >= 0.3 is 8.05 Å². The lowest BCUT2D eigenvalue weighted by Gasteiger charge is -2.03. The molecule has 2 rings (SSSR count). The van der Waals surface area contributed by atoms with Gasteiger partial charge in [-0.05, 0) is 24.3 Å². The first-order chi connectivity index (χ1) is 5.88. The van der Waals surface area contributed by atoms with E-state index in [9.17, 15) is 0 Å². The van der Waals surface area contributed by atoms with Gasteiger partial charge in [0.25, 0.3) is 0 Å². The first-order valence-corrected chi connectivity index (χ1v) is 3.63. The fourth-order valence-corrected chi connectivity index (χ4v) is 0.856. The van der Waals surface area contributed by atoms with Gasteiger partial charge in [0.1, 0.15) is 12.4 Å². The standard InChI is InChI=1S/C8H7BO3/c9-12-7-3-1-6(2-4-7)11-8-5-10-8/h1-4,8H,5H2. The van der Waals surface area contributed by atoms with Crippen molar-refractivity contribution in [1.82, 2.24) is 0 Å². The fourth-order valence-electron chi connectivity index (χ4n) is 0.856. The quantitative estimate of drug-likeness (QED) is 0.488. The molecule has 1 heterocycles. The van der Waals surface area contributed by atoms with Crippen molar-refractivity contribution in [1.29, 1.82) is 0 Å². The minimum atomic E-state index is -0.0605. The molecule has 0 N–H and O–H groups in total. The maximum atomic E-state index is 5.31. The number of ether oxygens (including phenoxy) is 2. The zero-order chi connectivity index (χ0) is 8.39. The van der Waals surface area contributed by atoms with Crippen LogP contribution >= 0.6 is 0 Å². The molecule has 4 heteroatoms. The van der Waals surface area contributed by atoms with Gasteiger partial charge in [-0.15, -0.1) is 0 Å². The van der Waals surface area contributed by atoms with Crippen molar-refractivity contribution in [2.75, 3.05) is 6.61 Å². The number of benzene rings is 1. The molecule has 0 aromatic heterocycles. The average Bonchev–Trinajstić information content (AvgIpc) is 2.90. The number of hydrogen-bond donors (Lipinski definition) is 0. The van der Waals surface area contributed by atoms with Gasteiger partial charge in [-0.3, -0.25) is 0 Å². The molecular formula is C8H7BO3. The Morgan fingerprint density at radius 2 is 1.83 bits per heavy atom. The molecule has 1 aliphatic heterocycles. The molecular weight excluding hydrogens is 155 g/mol. The van der Waals surface area contributed by atoms with Crippen molar-refractivity contribution in [2.24, 2.45) is 0 Å². The monoisotopic (exact) mass is 162 g/mol. The van der Waals surface area contributed by atoms with E-state index in [2.05, 4.69) is 4.65 Å². The maximum Gasteiger partial charge on any atom is 0.374 e. The zero-order valence-corrected chi connectivity index (χ0v) is 6.40. The lowest BCUT2D eigenvalue weighted by molar-refractivity contribution is 0.179. The van der Waals surface area contributed by atoms with E-state index in [0.717, 1.165) is 5.75 Å². The van der Waals surface area contributed by atoms with E-state index in [0.29, 0.717) is 12.4 Å². The van der Waals surface area contributed by atoms with Crippen LogP contribution in [0.4, 0.5) is 0 Å². The summed E-state index contributed by atoms with van der Waals surface area (Å²) in [5.74, 6) is 1.37. The Hall–Kier alpha value is -1.16. The lowest BCUT2D eigenvalue weighted by Crippen LogP contribution is -1.97. The summed E-state index contributed by atoms with van der Waals surface area (Å²) in [5, 5.41) is 0. The molecule has 1 unspecified atom stereocenters. The summed E-state index contributed by atoms with van der Waals surface area (Å²) in [4.78, 5) is 0. The summed E-state index contributed by atoms with van der Waals surface area (Å²) >= 11 is 0. The molecule has 1 aromatic rings. The first-order valence-electron chi connectivity index (χ1n) is 3.63. The highest BCUT2D eigenvalue weighted by Gasteiger charge is 2.24. The smallest absolute Gasteiger partial charge is 0.374 e. The summed E-state index contributed by atoms with van der Waals surface area (Å²) in [6.45, 7) is 0.676. The van der Waals surface area contributed by atoms with Crippen molar-refractivity contribution < 1.29 is 14.1 Å².